The number of rotatable bonds is 6. The van der Waals surface area contributed by atoms with Gasteiger partial charge in [0.25, 0.3) is 0 Å². The molecule has 2 rings (SSSR count). The molecule has 0 saturated carbocycles. The summed E-state index contributed by atoms with van der Waals surface area (Å²) >= 11 is 7.58. The number of halogens is 2. The van der Waals surface area contributed by atoms with Crippen LogP contribution in [0.25, 0.3) is 0 Å². The van der Waals surface area contributed by atoms with Crippen LogP contribution < -0.4 is 5.32 Å². The predicted octanol–water partition coefficient (Wildman–Crippen LogP) is 4.74. The summed E-state index contributed by atoms with van der Waals surface area (Å²) in [5, 5.41) is 4.93. The average Bonchev–Trinajstić information content (AvgIpc) is 2.51. The minimum absolute atomic E-state index is 0.166. The summed E-state index contributed by atoms with van der Waals surface area (Å²) in [6, 6.07) is 5.74. The van der Waals surface area contributed by atoms with Crippen LogP contribution in [0.5, 0.6) is 0 Å². The van der Waals surface area contributed by atoms with Crippen molar-refractivity contribution in [3.8, 4) is 0 Å². The first-order valence-electron chi connectivity index (χ1n) is 7.56. The third-order valence-electron chi connectivity index (χ3n) is 3.83. The van der Waals surface area contributed by atoms with Crippen molar-refractivity contribution in [1.82, 2.24) is 5.32 Å². The van der Waals surface area contributed by atoms with Crippen LogP contribution in [0, 0.1) is 5.82 Å². The summed E-state index contributed by atoms with van der Waals surface area (Å²) in [5.41, 5.74) is 1.06. The molecule has 118 valence electrons. The maximum Gasteiger partial charge on any atom is 0.137 e. The molecule has 1 aliphatic heterocycles. The van der Waals surface area contributed by atoms with Gasteiger partial charge < -0.3 is 5.32 Å². The molecular formula is C16H23BrFNS2. The van der Waals surface area contributed by atoms with Gasteiger partial charge in [-0.1, -0.05) is 26.0 Å². The van der Waals surface area contributed by atoms with E-state index in [-0.39, 0.29) is 5.82 Å². The molecule has 21 heavy (non-hydrogen) atoms. The second kappa shape index (κ2) is 8.80. The van der Waals surface area contributed by atoms with E-state index >= 15 is 0 Å². The highest BCUT2D eigenvalue weighted by Gasteiger charge is 2.32. The van der Waals surface area contributed by atoms with Gasteiger partial charge in [-0.15, -0.1) is 0 Å². The van der Waals surface area contributed by atoms with E-state index in [2.05, 4.69) is 58.6 Å². The topological polar surface area (TPSA) is 12.0 Å². The molecule has 0 amide bonds. The van der Waals surface area contributed by atoms with Crippen molar-refractivity contribution in [3.63, 3.8) is 0 Å². The molecule has 1 nitrogen and oxygen atoms in total. The molecule has 1 saturated heterocycles. The van der Waals surface area contributed by atoms with E-state index in [4.69, 9.17) is 0 Å². The molecule has 0 bridgehead atoms. The number of hydrogen-bond donors (Lipinski definition) is 1. The van der Waals surface area contributed by atoms with Crippen molar-refractivity contribution in [1.29, 1.82) is 0 Å². The van der Waals surface area contributed by atoms with Gasteiger partial charge in [0, 0.05) is 28.0 Å². The zero-order valence-electron chi connectivity index (χ0n) is 12.6. The van der Waals surface area contributed by atoms with E-state index in [0.29, 0.717) is 21.0 Å². The fourth-order valence-corrected chi connectivity index (χ4v) is 6.51. The SMILES string of the molecule is CCNC(Cc1cccc(F)c1Br)C1SCCSC1CC. The Bertz CT molecular complexity index is 458. The first kappa shape index (κ1) is 17.6. The highest BCUT2D eigenvalue weighted by molar-refractivity contribution is 9.10. The lowest BCUT2D eigenvalue weighted by molar-refractivity contribution is 0.488. The maximum atomic E-state index is 13.7. The highest BCUT2D eigenvalue weighted by Crippen LogP contribution is 2.36. The predicted molar refractivity (Wildman–Crippen MR) is 98.1 cm³/mol. The van der Waals surface area contributed by atoms with Crippen molar-refractivity contribution in [3.05, 3.63) is 34.1 Å². The van der Waals surface area contributed by atoms with Gasteiger partial charge in [-0.25, -0.2) is 4.39 Å². The summed E-state index contributed by atoms with van der Waals surface area (Å²) < 4.78 is 14.3. The molecule has 1 heterocycles. The third-order valence-corrected chi connectivity index (χ3v) is 8.12. The lowest BCUT2D eigenvalue weighted by Crippen LogP contribution is -2.46. The normalized spacial score (nSPS) is 24.0. The first-order valence-corrected chi connectivity index (χ1v) is 10.5. The quantitative estimate of drug-likeness (QED) is 0.751. The van der Waals surface area contributed by atoms with Gasteiger partial charge in [0.2, 0.25) is 0 Å². The van der Waals surface area contributed by atoms with Gasteiger partial charge in [-0.3, -0.25) is 0 Å². The lowest BCUT2D eigenvalue weighted by Gasteiger charge is -2.36. The second-order valence-electron chi connectivity index (χ2n) is 5.23. The van der Waals surface area contributed by atoms with Gasteiger partial charge >= 0.3 is 0 Å². The standard InChI is InChI=1S/C16H23BrFNS2/c1-3-14-16(21-9-8-20-14)13(19-4-2)10-11-6-5-7-12(18)15(11)17/h5-7,13-14,16,19H,3-4,8-10H2,1-2H3. The Morgan fingerprint density at radius 3 is 2.81 bits per heavy atom. The lowest BCUT2D eigenvalue weighted by atomic mass is 10.00. The van der Waals surface area contributed by atoms with E-state index in [1.807, 2.05) is 6.07 Å². The molecule has 1 N–H and O–H groups in total. The molecule has 5 heteroatoms. The van der Waals surface area contributed by atoms with Gasteiger partial charge in [0.05, 0.1) is 4.47 Å². The van der Waals surface area contributed by atoms with E-state index < -0.39 is 0 Å². The molecule has 1 aromatic carbocycles. The number of benzene rings is 1. The maximum absolute atomic E-state index is 13.7. The minimum Gasteiger partial charge on any atom is -0.313 e. The molecule has 0 spiro atoms. The van der Waals surface area contributed by atoms with Crippen LogP contribution in [0.2, 0.25) is 0 Å². The Morgan fingerprint density at radius 1 is 1.33 bits per heavy atom. The molecule has 3 unspecified atom stereocenters. The van der Waals surface area contributed by atoms with Crippen molar-refractivity contribution in [2.45, 2.75) is 43.2 Å². The van der Waals surface area contributed by atoms with E-state index in [1.165, 1.54) is 24.0 Å². The monoisotopic (exact) mass is 391 g/mol. The van der Waals surface area contributed by atoms with Crippen LogP contribution in [0.4, 0.5) is 4.39 Å². The number of thioether (sulfide) groups is 2. The second-order valence-corrected chi connectivity index (χ2v) is 8.66. The largest absolute Gasteiger partial charge is 0.313 e. The molecule has 3 atom stereocenters. The highest BCUT2D eigenvalue weighted by atomic mass is 79.9. The van der Waals surface area contributed by atoms with Crippen LogP contribution in [0.15, 0.2) is 22.7 Å². The zero-order valence-corrected chi connectivity index (χ0v) is 15.8. The fourth-order valence-electron chi connectivity index (χ4n) is 2.82. The van der Waals surface area contributed by atoms with E-state index in [9.17, 15) is 4.39 Å². The Morgan fingerprint density at radius 2 is 2.10 bits per heavy atom. The summed E-state index contributed by atoms with van der Waals surface area (Å²) in [4.78, 5) is 0. The Hall–Kier alpha value is 0.290. The smallest absolute Gasteiger partial charge is 0.137 e. The molecule has 1 aliphatic rings. The number of nitrogens with one attached hydrogen (secondary N) is 1. The fraction of sp³-hybridized carbons (Fsp3) is 0.625. The van der Waals surface area contributed by atoms with Crippen molar-refractivity contribution < 1.29 is 4.39 Å². The molecule has 0 radical (unpaired) electrons. The third kappa shape index (κ3) is 4.63. The van der Waals surface area contributed by atoms with E-state index in [0.717, 1.165) is 18.5 Å². The van der Waals surface area contributed by atoms with Crippen LogP contribution >= 0.6 is 39.5 Å². The number of hydrogen-bond acceptors (Lipinski definition) is 3. The molecule has 1 aromatic rings. The van der Waals surface area contributed by atoms with Gasteiger partial charge in [-0.2, -0.15) is 23.5 Å². The van der Waals surface area contributed by atoms with Crippen LogP contribution in [0.1, 0.15) is 25.8 Å². The van der Waals surface area contributed by atoms with Crippen molar-refractivity contribution in [2.75, 3.05) is 18.1 Å². The van der Waals surface area contributed by atoms with Crippen LogP contribution in [-0.2, 0) is 6.42 Å². The Balaban J connectivity index is 2.16. The summed E-state index contributed by atoms with van der Waals surface area (Å²) in [6.07, 6.45) is 2.08. The van der Waals surface area contributed by atoms with Gasteiger partial charge in [0.1, 0.15) is 5.82 Å². The molecular weight excluding hydrogens is 369 g/mol. The molecule has 0 aromatic heterocycles. The van der Waals surface area contributed by atoms with E-state index in [1.54, 1.807) is 6.07 Å². The number of likely N-dealkylation sites (N-methyl/N-ethyl adjacent to an activating group) is 1. The van der Waals surface area contributed by atoms with Crippen molar-refractivity contribution in [2.24, 2.45) is 0 Å². The first-order chi connectivity index (χ1) is 10.2. The molecule has 0 aliphatic carbocycles. The zero-order chi connectivity index (χ0) is 15.2. The Labute approximate surface area is 144 Å². The Kier molecular flexibility index (Phi) is 7.39. The van der Waals surface area contributed by atoms with Crippen LogP contribution in [0.3, 0.4) is 0 Å². The summed E-state index contributed by atoms with van der Waals surface area (Å²) in [5.74, 6) is 2.31. The van der Waals surface area contributed by atoms with Crippen LogP contribution in [-0.4, -0.2) is 34.6 Å². The van der Waals surface area contributed by atoms with Gasteiger partial charge in [-0.05, 0) is 46.9 Å². The minimum atomic E-state index is -0.166. The summed E-state index contributed by atoms with van der Waals surface area (Å²) in [7, 11) is 0. The average molecular weight is 392 g/mol. The van der Waals surface area contributed by atoms with Gasteiger partial charge in [0.15, 0.2) is 0 Å². The summed E-state index contributed by atoms with van der Waals surface area (Å²) in [6.45, 7) is 5.38. The molecule has 1 fully saturated rings. The van der Waals surface area contributed by atoms with Crippen molar-refractivity contribution >= 4 is 39.5 Å².